The maximum absolute atomic E-state index is 11.3. The smallest absolute Gasteiger partial charge is 0.351 e. The van der Waals surface area contributed by atoms with Gasteiger partial charge in [0.15, 0.2) is 15.2 Å². The molecular formula is C10H15ClN2O3S. The van der Waals surface area contributed by atoms with Crippen molar-refractivity contribution >= 4 is 34.0 Å². The molecule has 0 bridgehead atoms. The number of hydrogen-bond acceptors (Lipinski definition) is 6. The van der Waals surface area contributed by atoms with E-state index in [1.165, 1.54) is 7.11 Å². The number of thiazole rings is 1. The van der Waals surface area contributed by atoms with Crippen LogP contribution in [0.5, 0.6) is 0 Å². The number of halogens is 1. The van der Waals surface area contributed by atoms with Crippen LogP contribution in [0.2, 0.25) is 5.15 Å². The minimum absolute atomic E-state index is 0.0724. The summed E-state index contributed by atoms with van der Waals surface area (Å²) in [5.41, 5.74) is -0.316. The Labute approximate surface area is 109 Å². The van der Waals surface area contributed by atoms with Crippen molar-refractivity contribution in [3.8, 4) is 0 Å². The van der Waals surface area contributed by atoms with Crippen LogP contribution < -0.4 is 5.32 Å². The molecule has 96 valence electrons. The van der Waals surface area contributed by atoms with Gasteiger partial charge in [0.05, 0.1) is 7.11 Å². The summed E-state index contributed by atoms with van der Waals surface area (Å²) in [6, 6.07) is 0. The predicted octanol–water partition coefficient (Wildman–Crippen LogP) is 2.16. The van der Waals surface area contributed by atoms with Crippen molar-refractivity contribution < 1.29 is 14.6 Å². The molecule has 0 spiro atoms. The first-order valence-electron chi connectivity index (χ1n) is 5.03. The van der Waals surface area contributed by atoms with Crippen LogP contribution in [0.1, 0.15) is 29.9 Å². The summed E-state index contributed by atoms with van der Waals surface area (Å²) in [6.45, 7) is 3.93. The topological polar surface area (TPSA) is 71.5 Å². The lowest BCUT2D eigenvalue weighted by molar-refractivity contribution is 0.0606. The van der Waals surface area contributed by atoms with E-state index in [1.54, 1.807) is 0 Å². The molecule has 0 radical (unpaired) electrons. The first-order chi connectivity index (χ1) is 7.89. The lowest BCUT2D eigenvalue weighted by Crippen LogP contribution is -2.31. The van der Waals surface area contributed by atoms with Gasteiger partial charge >= 0.3 is 5.97 Å². The Morgan fingerprint density at radius 2 is 2.29 bits per heavy atom. The average molecular weight is 279 g/mol. The van der Waals surface area contributed by atoms with E-state index in [4.69, 9.17) is 16.7 Å². The highest BCUT2D eigenvalue weighted by Gasteiger charge is 2.22. The van der Waals surface area contributed by atoms with Gasteiger partial charge in [-0.1, -0.05) is 22.9 Å². The van der Waals surface area contributed by atoms with E-state index in [0.717, 1.165) is 11.3 Å². The zero-order valence-corrected chi connectivity index (χ0v) is 11.5. The van der Waals surface area contributed by atoms with Crippen LogP contribution in [-0.4, -0.2) is 35.3 Å². The third-order valence-electron chi connectivity index (χ3n) is 2.14. The zero-order valence-electron chi connectivity index (χ0n) is 9.91. The molecular weight excluding hydrogens is 264 g/mol. The van der Waals surface area contributed by atoms with Gasteiger partial charge in [0, 0.05) is 12.1 Å². The number of methoxy groups -OCH3 is 1. The van der Waals surface area contributed by atoms with E-state index < -0.39 is 5.97 Å². The number of esters is 1. The second-order valence-corrected chi connectivity index (χ2v) is 5.47. The molecule has 0 amide bonds. The van der Waals surface area contributed by atoms with Crippen molar-refractivity contribution in [2.45, 2.75) is 25.8 Å². The van der Waals surface area contributed by atoms with Gasteiger partial charge in [-0.15, -0.1) is 0 Å². The van der Waals surface area contributed by atoms with Gasteiger partial charge in [-0.3, -0.25) is 0 Å². The lowest BCUT2D eigenvalue weighted by atomic mass is 10.0. The van der Waals surface area contributed by atoms with Gasteiger partial charge < -0.3 is 15.2 Å². The van der Waals surface area contributed by atoms with E-state index in [1.807, 2.05) is 13.8 Å². The van der Waals surface area contributed by atoms with Gasteiger partial charge in [-0.25, -0.2) is 9.78 Å². The molecule has 0 saturated carbocycles. The lowest BCUT2D eigenvalue weighted by Gasteiger charge is -2.24. The number of ether oxygens (including phenoxy) is 1. The largest absolute Gasteiger partial charge is 0.465 e. The van der Waals surface area contributed by atoms with Crippen LogP contribution in [0.25, 0.3) is 0 Å². The molecule has 0 aliphatic carbocycles. The number of anilines is 1. The Morgan fingerprint density at radius 3 is 2.82 bits per heavy atom. The number of nitrogens with zero attached hydrogens (tertiary/aromatic N) is 1. The average Bonchev–Trinajstić information content (AvgIpc) is 2.57. The third-order valence-corrected chi connectivity index (χ3v) is 3.48. The molecule has 1 heterocycles. The van der Waals surface area contributed by atoms with Gasteiger partial charge in [-0.2, -0.15) is 0 Å². The maximum atomic E-state index is 11.3. The molecule has 0 fully saturated rings. The van der Waals surface area contributed by atoms with Crippen LogP contribution >= 0.6 is 22.9 Å². The SMILES string of the molecule is COC(=O)c1sc(NC(C)(C)CCO)nc1Cl. The van der Waals surface area contributed by atoms with Crippen LogP contribution in [-0.2, 0) is 4.74 Å². The fraction of sp³-hybridized carbons (Fsp3) is 0.600. The van der Waals surface area contributed by atoms with Crippen molar-refractivity contribution in [1.82, 2.24) is 4.98 Å². The van der Waals surface area contributed by atoms with E-state index in [9.17, 15) is 4.79 Å². The van der Waals surface area contributed by atoms with Crippen LogP contribution in [0, 0.1) is 0 Å². The minimum atomic E-state index is -0.500. The predicted molar refractivity (Wildman–Crippen MR) is 67.9 cm³/mol. The number of aromatic nitrogens is 1. The quantitative estimate of drug-likeness (QED) is 0.808. The summed E-state index contributed by atoms with van der Waals surface area (Å²) in [5.74, 6) is -0.500. The van der Waals surface area contributed by atoms with Gasteiger partial charge in [0.2, 0.25) is 0 Å². The highest BCUT2D eigenvalue weighted by molar-refractivity contribution is 7.18. The Hall–Kier alpha value is -0.850. The molecule has 1 aromatic heterocycles. The van der Waals surface area contributed by atoms with E-state index >= 15 is 0 Å². The zero-order chi connectivity index (χ0) is 13.1. The summed E-state index contributed by atoms with van der Waals surface area (Å²) < 4.78 is 4.59. The van der Waals surface area contributed by atoms with Gasteiger partial charge in [-0.05, 0) is 20.3 Å². The van der Waals surface area contributed by atoms with E-state index in [-0.39, 0.29) is 22.2 Å². The van der Waals surface area contributed by atoms with Crippen molar-refractivity contribution in [2.24, 2.45) is 0 Å². The number of rotatable bonds is 5. The number of carbonyl (C=O) groups is 1. The molecule has 0 unspecified atom stereocenters. The third kappa shape index (κ3) is 3.83. The Kier molecular flexibility index (Phi) is 4.73. The summed E-state index contributed by atoms with van der Waals surface area (Å²) in [5, 5.41) is 12.7. The number of carbonyl (C=O) groups excluding carboxylic acids is 1. The second-order valence-electron chi connectivity index (χ2n) is 4.11. The first-order valence-corrected chi connectivity index (χ1v) is 6.23. The molecule has 17 heavy (non-hydrogen) atoms. The fourth-order valence-corrected chi connectivity index (χ4v) is 2.49. The molecule has 2 N–H and O–H groups in total. The Morgan fingerprint density at radius 1 is 1.65 bits per heavy atom. The first kappa shape index (κ1) is 14.2. The summed E-state index contributed by atoms with van der Waals surface area (Å²) in [6.07, 6.45) is 0.567. The Balaban J connectivity index is 2.84. The van der Waals surface area contributed by atoms with Gasteiger partial charge in [0.25, 0.3) is 0 Å². The van der Waals surface area contributed by atoms with Crippen LogP contribution in [0.3, 0.4) is 0 Å². The van der Waals surface area contributed by atoms with Crippen LogP contribution in [0.15, 0.2) is 0 Å². The highest BCUT2D eigenvalue weighted by Crippen LogP contribution is 2.29. The summed E-state index contributed by atoms with van der Waals surface area (Å²) >= 11 is 6.97. The molecule has 0 aliphatic rings. The molecule has 1 aromatic rings. The normalized spacial score (nSPS) is 11.4. The van der Waals surface area contributed by atoms with E-state index in [0.29, 0.717) is 11.6 Å². The number of hydrogen-bond donors (Lipinski definition) is 2. The number of aliphatic hydroxyl groups is 1. The maximum Gasteiger partial charge on any atom is 0.351 e. The minimum Gasteiger partial charge on any atom is -0.465 e. The van der Waals surface area contributed by atoms with Crippen molar-refractivity contribution in [2.75, 3.05) is 19.0 Å². The standard InChI is InChI=1S/C10H15ClN2O3S/c1-10(2,4-5-14)13-9-12-7(11)6(17-9)8(15)16-3/h14H,4-5H2,1-3H3,(H,12,13). The molecule has 1 rings (SSSR count). The van der Waals surface area contributed by atoms with Crippen molar-refractivity contribution in [1.29, 1.82) is 0 Å². The number of nitrogens with one attached hydrogen (secondary N) is 1. The molecule has 0 aromatic carbocycles. The highest BCUT2D eigenvalue weighted by atomic mass is 35.5. The van der Waals surface area contributed by atoms with Crippen molar-refractivity contribution in [3.63, 3.8) is 0 Å². The summed E-state index contributed by atoms with van der Waals surface area (Å²) in [4.78, 5) is 15.6. The molecule has 5 nitrogen and oxygen atoms in total. The van der Waals surface area contributed by atoms with Crippen molar-refractivity contribution in [3.05, 3.63) is 10.0 Å². The Bertz CT molecular complexity index is 406. The molecule has 0 aliphatic heterocycles. The number of aliphatic hydroxyl groups excluding tert-OH is 1. The molecule has 0 saturated heterocycles. The van der Waals surface area contributed by atoms with Gasteiger partial charge in [0.1, 0.15) is 0 Å². The molecule has 7 heteroatoms. The molecule has 0 atom stereocenters. The second kappa shape index (κ2) is 5.66. The summed E-state index contributed by atoms with van der Waals surface area (Å²) in [7, 11) is 1.29. The van der Waals surface area contributed by atoms with Crippen LogP contribution in [0.4, 0.5) is 5.13 Å². The fourth-order valence-electron chi connectivity index (χ4n) is 1.21. The monoisotopic (exact) mass is 278 g/mol. The van der Waals surface area contributed by atoms with E-state index in [2.05, 4.69) is 15.0 Å².